The summed E-state index contributed by atoms with van der Waals surface area (Å²) in [7, 11) is 0. The summed E-state index contributed by atoms with van der Waals surface area (Å²) in [6, 6.07) is 8.99. The quantitative estimate of drug-likeness (QED) is 0.617. The van der Waals surface area contributed by atoms with E-state index in [9.17, 15) is 4.79 Å². The van der Waals surface area contributed by atoms with E-state index >= 15 is 0 Å². The normalized spacial score (nSPS) is 12.0. The average Bonchev–Trinajstić information content (AvgIpc) is 2.99. The Hall–Kier alpha value is -2.15. The molecule has 0 spiro atoms. The van der Waals surface area contributed by atoms with E-state index in [1.54, 1.807) is 11.3 Å². The molecular formula is C18H16Cl2N4OS. The molecule has 3 rings (SSSR count). The standard InChI is InChI=1S/C18H16Cl2N4OS/c1-9(23-17-14(20)7-12(8-22-17)16(21)25)18-24-15(10(2)26-18)11-3-5-13(19)6-4-11/h3-9H,1-2H3,(H2,21,25)(H,22,23). The number of hydrogen-bond acceptors (Lipinski definition) is 5. The molecule has 1 atom stereocenters. The van der Waals surface area contributed by atoms with Crippen LogP contribution in [0.25, 0.3) is 11.3 Å². The van der Waals surface area contributed by atoms with Gasteiger partial charge in [0.2, 0.25) is 5.91 Å². The lowest BCUT2D eigenvalue weighted by Gasteiger charge is -2.13. The molecule has 1 unspecified atom stereocenters. The zero-order valence-electron chi connectivity index (χ0n) is 14.1. The Morgan fingerprint density at radius 1 is 1.27 bits per heavy atom. The summed E-state index contributed by atoms with van der Waals surface area (Å²) in [5.41, 5.74) is 7.45. The predicted molar refractivity (Wildman–Crippen MR) is 107 cm³/mol. The molecular weight excluding hydrogens is 391 g/mol. The summed E-state index contributed by atoms with van der Waals surface area (Å²) in [4.78, 5) is 21.2. The zero-order chi connectivity index (χ0) is 18.8. The maximum Gasteiger partial charge on any atom is 0.250 e. The lowest BCUT2D eigenvalue weighted by molar-refractivity contribution is 0.1000. The molecule has 8 heteroatoms. The number of halogens is 2. The van der Waals surface area contributed by atoms with E-state index in [1.807, 2.05) is 38.1 Å². The van der Waals surface area contributed by atoms with Gasteiger partial charge < -0.3 is 11.1 Å². The fourth-order valence-electron chi connectivity index (χ4n) is 2.42. The third-order valence-corrected chi connectivity index (χ3v) is 5.47. The van der Waals surface area contributed by atoms with Crippen molar-refractivity contribution in [3.63, 3.8) is 0 Å². The Bertz CT molecular complexity index is 956. The van der Waals surface area contributed by atoms with Crippen LogP contribution in [0.1, 0.15) is 33.2 Å². The van der Waals surface area contributed by atoms with E-state index in [1.165, 1.54) is 12.3 Å². The number of aryl methyl sites for hydroxylation is 1. The first kappa shape index (κ1) is 18.6. The van der Waals surface area contributed by atoms with Crippen molar-refractivity contribution in [3.8, 4) is 11.3 Å². The Kier molecular flexibility index (Phi) is 5.46. The van der Waals surface area contributed by atoms with Crippen molar-refractivity contribution < 1.29 is 4.79 Å². The van der Waals surface area contributed by atoms with Crippen LogP contribution in [0.3, 0.4) is 0 Å². The van der Waals surface area contributed by atoms with Gasteiger partial charge in [-0.2, -0.15) is 0 Å². The molecule has 0 saturated carbocycles. The molecule has 0 fully saturated rings. The summed E-state index contributed by atoms with van der Waals surface area (Å²) >= 11 is 13.7. The Labute approximate surface area is 165 Å². The molecule has 2 heterocycles. The molecule has 5 nitrogen and oxygen atoms in total. The third kappa shape index (κ3) is 3.98. The molecule has 0 saturated heterocycles. The van der Waals surface area contributed by atoms with Crippen LogP contribution in [0.15, 0.2) is 36.5 Å². The minimum Gasteiger partial charge on any atom is -0.366 e. The SMILES string of the molecule is Cc1sc(C(C)Nc2ncc(C(N)=O)cc2Cl)nc1-c1ccc(Cl)cc1. The van der Waals surface area contributed by atoms with Gasteiger partial charge >= 0.3 is 0 Å². The first-order valence-corrected chi connectivity index (χ1v) is 9.37. The lowest BCUT2D eigenvalue weighted by Crippen LogP contribution is -2.13. The van der Waals surface area contributed by atoms with Crippen molar-refractivity contribution in [2.75, 3.05) is 5.32 Å². The Morgan fingerprint density at radius 3 is 2.58 bits per heavy atom. The van der Waals surface area contributed by atoms with Gasteiger partial charge in [-0.3, -0.25) is 4.79 Å². The van der Waals surface area contributed by atoms with Crippen molar-refractivity contribution in [2.45, 2.75) is 19.9 Å². The highest BCUT2D eigenvalue weighted by atomic mass is 35.5. The van der Waals surface area contributed by atoms with E-state index in [-0.39, 0.29) is 11.6 Å². The molecule has 3 N–H and O–H groups in total. The first-order valence-electron chi connectivity index (χ1n) is 7.80. The second kappa shape index (κ2) is 7.61. The molecule has 0 bridgehead atoms. The van der Waals surface area contributed by atoms with E-state index in [0.29, 0.717) is 15.9 Å². The molecule has 134 valence electrons. The summed E-state index contributed by atoms with van der Waals surface area (Å²) in [6.07, 6.45) is 1.40. The lowest BCUT2D eigenvalue weighted by atomic mass is 10.1. The van der Waals surface area contributed by atoms with E-state index in [2.05, 4.69) is 10.3 Å². The topological polar surface area (TPSA) is 80.9 Å². The van der Waals surface area contributed by atoms with E-state index in [0.717, 1.165) is 21.1 Å². The number of nitrogens with one attached hydrogen (secondary N) is 1. The minimum atomic E-state index is -0.567. The maximum atomic E-state index is 11.2. The number of nitrogens with two attached hydrogens (primary N) is 1. The molecule has 26 heavy (non-hydrogen) atoms. The Balaban J connectivity index is 1.83. The van der Waals surface area contributed by atoms with Crippen LogP contribution in [0.4, 0.5) is 5.82 Å². The molecule has 0 aliphatic carbocycles. The van der Waals surface area contributed by atoms with Gasteiger partial charge in [0.05, 0.1) is 22.3 Å². The molecule has 2 aromatic heterocycles. The minimum absolute atomic E-state index is 0.107. The average molecular weight is 407 g/mol. The van der Waals surface area contributed by atoms with Crippen molar-refractivity contribution >= 4 is 46.3 Å². The molecule has 0 radical (unpaired) electrons. The summed E-state index contributed by atoms with van der Waals surface area (Å²) in [6.45, 7) is 4.01. The van der Waals surface area contributed by atoms with Crippen LogP contribution in [0, 0.1) is 6.92 Å². The molecule has 0 aliphatic heterocycles. The second-order valence-corrected chi connectivity index (χ2v) is 7.83. The number of carbonyl (C=O) groups excluding carboxylic acids is 1. The van der Waals surface area contributed by atoms with Gasteiger partial charge in [-0.15, -0.1) is 11.3 Å². The fourth-order valence-corrected chi connectivity index (χ4v) is 3.72. The number of aromatic nitrogens is 2. The first-order chi connectivity index (χ1) is 12.3. The number of nitrogens with zero attached hydrogens (tertiary/aromatic N) is 2. The van der Waals surface area contributed by atoms with Crippen LogP contribution in [0.2, 0.25) is 10.0 Å². The molecule has 1 aromatic carbocycles. The maximum absolute atomic E-state index is 11.2. The number of thiazole rings is 1. The van der Waals surface area contributed by atoms with Gasteiger partial charge in [0.15, 0.2) is 0 Å². The summed E-state index contributed by atoms with van der Waals surface area (Å²) < 4.78 is 0. The third-order valence-electron chi connectivity index (χ3n) is 3.78. The van der Waals surface area contributed by atoms with Crippen LogP contribution >= 0.6 is 34.5 Å². The van der Waals surface area contributed by atoms with Gasteiger partial charge in [-0.1, -0.05) is 35.3 Å². The molecule has 3 aromatic rings. The summed E-state index contributed by atoms with van der Waals surface area (Å²) in [5, 5.41) is 5.16. The second-order valence-electron chi connectivity index (χ2n) is 5.75. The number of pyridine rings is 1. The van der Waals surface area contributed by atoms with Gasteiger partial charge in [0, 0.05) is 21.7 Å². The van der Waals surface area contributed by atoms with Crippen LogP contribution in [-0.2, 0) is 0 Å². The van der Waals surface area contributed by atoms with Crippen LogP contribution in [0.5, 0.6) is 0 Å². The highest BCUT2D eigenvalue weighted by molar-refractivity contribution is 7.12. The highest BCUT2D eigenvalue weighted by Gasteiger charge is 2.17. The van der Waals surface area contributed by atoms with Crippen LogP contribution in [-0.4, -0.2) is 15.9 Å². The van der Waals surface area contributed by atoms with Gasteiger partial charge in [-0.25, -0.2) is 9.97 Å². The number of hydrogen-bond donors (Lipinski definition) is 2. The van der Waals surface area contributed by atoms with Gasteiger partial charge in [-0.05, 0) is 32.0 Å². The van der Waals surface area contributed by atoms with Gasteiger partial charge in [0.25, 0.3) is 0 Å². The van der Waals surface area contributed by atoms with Crippen LogP contribution < -0.4 is 11.1 Å². The number of rotatable bonds is 5. The number of amides is 1. The number of benzene rings is 1. The van der Waals surface area contributed by atoms with E-state index < -0.39 is 5.91 Å². The number of carbonyl (C=O) groups is 1. The van der Waals surface area contributed by atoms with Gasteiger partial charge in [0.1, 0.15) is 10.8 Å². The molecule has 0 aliphatic rings. The van der Waals surface area contributed by atoms with E-state index in [4.69, 9.17) is 33.9 Å². The fraction of sp³-hybridized carbons (Fsp3) is 0.167. The summed E-state index contributed by atoms with van der Waals surface area (Å²) in [5.74, 6) is -0.0905. The van der Waals surface area contributed by atoms with Crippen molar-refractivity contribution in [2.24, 2.45) is 5.73 Å². The monoisotopic (exact) mass is 406 g/mol. The predicted octanol–water partition coefficient (Wildman–Crippen LogP) is 5.09. The molecule has 1 amide bonds. The zero-order valence-corrected chi connectivity index (χ0v) is 16.4. The van der Waals surface area contributed by atoms with Crippen molar-refractivity contribution in [1.82, 2.24) is 9.97 Å². The number of anilines is 1. The number of primary amides is 1. The largest absolute Gasteiger partial charge is 0.366 e. The highest BCUT2D eigenvalue weighted by Crippen LogP contribution is 2.33. The van der Waals surface area contributed by atoms with Crippen molar-refractivity contribution in [1.29, 1.82) is 0 Å². The Morgan fingerprint density at radius 2 is 1.96 bits per heavy atom. The van der Waals surface area contributed by atoms with Crippen molar-refractivity contribution in [3.05, 3.63) is 62.0 Å². The smallest absolute Gasteiger partial charge is 0.250 e.